The molecule has 1 spiro atoms. The Morgan fingerprint density at radius 1 is 1.02 bits per heavy atom. The van der Waals surface area contributed by atoms with E-state index >= 15 is 0 Å². The minimum Gasteiger partial charge on any atom is -0.465 e. The highest BCUT2D eigenvalue weighted by Gasteiger charge is 2.69. The van der Waals surface area contributed by atoms with Gasteiger partial charge in [0.15, 0.2) is 17.0 Å². The number of rotatable bonds is 5. The highest BCUT2D eigenvalue weighted by molar-refractivity contribution is 7.80. The first-order valence-corrected chi connectivity index (χ1v) is 14.7. The molecule has 1 unspecified atom stereocenters. The fraction of sp³-hybridized carbons (Fsp3) is 0.548. The molecular weight excluding hydrogens is 526 g/mol. The van der Waals surface area contributed by atoms with Crippen LogP contribution in [-0.4, -0.2) is 35.3 Å². The largest absolute Gasteiger partial charge is 0.465 e. The van der Waals surface area contributed by atoms with Gasteiger partial charge in [-0.2, -0.15) is 5.10 Å². The van der Waals surface area contributed by atoms with Gasteiger partial charge in [0.25, 0.3) is 0 Å². The first kappa shape index (κ1) is 27.6. The third-order valence-electron chi connectivity index (χ3n) is 9.09. The molecule has 1 saturated carbocycles. The smallest absolute Gasteiger partial charge is 0.205 e. The number of nitrogens with zero attached hydrogens (tertiary/aromatic N) is 1. The van der Waals surface area contributed by atoms with Crippen LogP contribution in [-0.2, 0) is 19.2 Å². The van der Waals surface area contributed by atoms with Gasteiger partial charge in [0.1, 0.15) is 5.75 Å². The van der Waals surface area contributed by atoms with E-state index in [1.165, 1.54) is 11.1 Å². The minimum atomic E-state index is -0.797. The van der Waals surface area contributed by atoms with Gasteiger partial charge in [-0.15, -0.1) is 0 Å². The van der Waals surface area contributed by atoms with Gasteiger partial charge in [0, 0.05) is 23.9 Å². The van der Waals surface area contributed by atoms with Crippen molar-refractivity contribution in [2.75, 3.05) is 5.32 Å². The van der Waals surface area contributed by atoms with Crippen LogP contribution in [0.2, 0.25) is 0 Å². The average molecular weight is 566 g/mol. The monoisotopic (exact) mass is 565 g/mol. The molecule has 4 heterocycles. The molecule has 5 aliphatic rings. The molecule has 0 aromatic heterocycles. The zero-order valence-corrected chi connectivity index (χ0v) is 24.6. The Bertz CT molecular complexity index is 1270. The molecule has 214 valence electrons. The summed E-state index contributed by atoms with van der Waals surface area (Å²) in [5.41, 5.74) is 6.48. The summed E-state index contributed by atoms with van der Waals surface area (Å²) in [5, 5.41) is 7.87. The summed E-state index contributed by atoms with van der Waals surface area (Å²) < 4.78 is 19.4. The number of benzene rings is 2. The lowest BCUT2D eigenvalue weighted by Crippen LogP contribution is -2.70. The third kappa shape index (κ3) is 5.14. The molecule has 2 aromatic carbocycles. The van der Waals surface area contributed by atoms with E-state index in [1.807, 2.05) is 43.3 Å². The molecule has 1 aliphatic carbocycles. The second kappa shape index (κ2) is 10.7. The zero-order chi connectivity index (χ0) is 28.1. The summed E-state index contributed by atoms with van der Waals surface area (Å²) in [5.74, 6) is 1.12. The third-order valence-corrected chi connectivity index (χ3v) is 9.28. The number of fused-ring (bicyclic) bond motifs is 2. The Morgan fingerprint density at radius 3 is 2.52 bits per heavy atom. The predicted octanol–water partition coefficient (Wildman–Crippen LogP) is 6.21. The minimum absolute atomic E-state index is 0.108. The molecule has 2 bridgehead atoms. The van der Waals surface area contributed by atoms with Crippen molar-refractivity contribution in [3.05, 3.63) is 59.2 Å². The van der Waals surface area contributed by atoms with E-state index in [1.54, 1.807) is 6.21 Å². The van der Waals surface area contributed by atoms with Crippen LogP contribution in [0.5, 0.6) is 5.75 Å². The molecule has 7 rings (SSSR count). The number of aryl methyl sites for hydroxylation is 2. The molecule has 9 heteroatoms. The molecule has 5 fully saturated rings. The number of hydrogen-bond acceptors (Lipinski definition) is 7. The van der Waals surface area contributed by atoms with Crippen LogP contribution in [0.15, 0.2) is 47.6 Å². The van der Waals surface area contributed by atoms with E-state index in [9.17, 15) is 0 Å². The standard InChI is InChI=1S/C31H39N3O5S/c1-18-14-19(2)16-23(15-18)33-29(40)34-32-17-22-7-9-24(10-8-22)35-27-21(4)26-11-6-20(3)25-12-13-30(5)37-28(36-27)31(25,26)39-38-30/h7-10,14-17,20-21,25-28H,6,11-13H2,1-5H3,(H2,33,34,40)/b32-17+/t20-,21-,25+,26+,27+,28-,30?,31-/m1/s1. The second-order valence-corrected chi connectivity index (χ2v) is 12.6. The van der Waals surface area contributed by atoms with E-state index in [4.69, 9.17) is 36.2 Å². The number of thiocarbonyl (C=S) groups is 1. The van der Waals surface area contributed by atoms with E-state index in [-0.39, 0.29) is 11.8 Å². The fourth-order valence-electron chi connectivity index (χ4n) is 7.14. The van der Waals surface area contributed by atoms with Gasteiger partial charge in [-0.05, 0) is 117 Å². The second-order valence-electron chi connectivity index (χ2n) is 12.2. The molecular formula is C31H39N3O5S. The first-order chi connectivity index (χ1) is 19.1. The van der Waals surface area contributed by atoms with Gasteiger partial charge in [-0.1, -0.05) is 19.9 Å². The average Bonchev–Trinajstić information content (AvgIpc) is 3.13. The predicted molar refractivity (Wildman–Crippen MR) is 157 cm³/mol. The topological polar surface area (TPSA) is 82.6 Å². The Morgan fingerprint density at radius 2 is 1.77 bits per heavy atom. The summed E-state index contributed by atoms with van der Waals surface area (Å²) in [6, 6.07) is 14.0. The Kier molecular flexibility index (Phi) is 7.37. The Balaban J connectivity index is 1.09. The van der Waals surface area contributed by atoms with E-state index < -0.39 is 24.0 Å². The number of ether oxygens (including phenoxy) is 3. The van der Waals surface area contributed by atoms with Crippen LogP contribution >= 0.6 is 12.2 Å². The van der Waals surface area contributed by atoms with Gasteiger partial charge >= 0.3 is 0 Å². The Labute approximate surface area is 241 Å². The van der Waals surface area contributed by atoms with Crippen molar-refractivity contribution in [2.24, 2.45) is 28.8 Å². The number of anilines is 1. The van der Waals surface area contributed by atoms with Crippen LogP contribution in [0.25, 0.3) is 0 Å². The van der Waals surface area contributed by atoms with Crippen LogP contribution in [0.4, 0.5) is 5.69 Å². The number of hydrogen-bond donors (Lipinski definition) is 2. The van der Waals surface area contributed by atoms with Crippen LogP contribution in [0.3, 0.4) is 0 Å². The quantitative estimate of drug-likeness (QED) is 0.192. The summed E-state index contributed by atoms with van der Waals surface area (Å²) in [7, 11) is 0. The van der Waals surface area contributed by atoms with Crippen LogP contribution in [0.1, 0.15) is 63.1 Å². The van der Waals surface area contributed by atoms with Crippen molar-refractivity contribution in [1.29, 1.82) is 0 Å². The maximum absolute atomic E-state index is 6.54. The van der Waals surface area contributed by atoms with Crippen LogP contribution < -0.4 is 15.5 Å². The maximum atomic E-state index is 6.54. The van der Waals surface area contributed by atoms with E-state index in [2.05, 4.69) is 49.6 Å². The van der Waals surface area contributed by atoms with Gasteiger partial charge in [-0.3, -0.25) is 5.43 Å². The van der Waals surface area contributed by atoms with Gasteiger partial charge in [0.2, 0.25) is 12.1 Å². The lowest BCUT2D eigenvalue weighted by molar-refractivity contribution is -0.575. The maximum Gasteiger partial charge on any atom is 0.205 e. The molecule has 4 aliphatic heterocycles. The van der Waals surface area contributed by atoms with Gasteiger partial charge in [-0.25, -0.2) is 9.78 Å². The molecule has 2 N–H and O–H groups in total. The summed E-state index contributed by atoms with van der Waals surface area (Å²) in [6.07, 6.45) is 4.75. The lowest BCUT2D eigenvalue weighted by Gasteiger charge is -2.60. The highest BCUT2D eigenvalue weighted by Crippen LogP contribution is 2.60. The number of nitrogens with one attached hydrogen (secondary N) is 2. The van der Waals surface area contributed by atoms with Gasteiger partial charge in [0.05, 0.1) is 6.21 Å². The van der Waals surface area contributed by atoms with Crippen molar-refractivity contribution >= 4 is 29.2 Å². The fourth-order valence-corrected chi connectivity index (χ4v) is 7.32. The van der Waals surface area contributed by atoms with E-state index in [0.717, 1.165) is 42.7 Å². The molecule has 2 aromatic rings. The zero-order valence-electron chi connectivity index (χ0n) is 23.8. The molecule has 0 radical (unpaired) electrons. The molecule has 4 saturated heterocycles. The normalized spacial score (nSPS) is 36.5. The summed E-state index contributed by atoms with van der Waals surface area (Å²) >= 11 is 5.38. The van der Waals surface area contributed by atoms with E-state index in [0.29, 0.717) is 16.9 Å². The number of hydrazone groups is 1. The lowest BCUT2D eigenvalue weighted by atomic mass is 9.58. The van der Waals surface area contributed by atoms with Crippen molar-refractivity contribution in [3.8, 4) is 5.75 Å². The molecule has 40 heavy (non-hydrogen) atoms. The van der Waals surface area contributed by atoms with Crippen molar-refractivity contribution in [3.63, 3.8) is 0 Å². The molecule has 8 atom stereocenters. The van der Waals surface area contributed by atoms with Crippen LogP contribution in [0, 0.1) is 37.5 Å². The molecule has 0 amide bonds. The summed E-state index contributed by atoms with van der Waals surface area (Å²) in [4.78, 5) is 12.1. The first-order valence-electron chi connectivity index (χ1n) is 14.3. The Hall–Kier alpha value is -2.56. The molecule has 8 nitrogen and oxygen atoms in total. The summed E-state index contributed by atoms with van der Waals surface area (Å²) in [6.45, 7) is 10.6. The highest BCUT2D eigenvalue weighted by atomic mass is 32.1. The van der Waals surface area contributed by atoms with Crippen molar-refractivity contribution < 1.29 is 24.0 Å². The van der Waals surface area contributed by atoms with Crippen molar-refractivity contribution in [1.82, 2.24) is 5.43 Å². The van der Waals surface area contributed by atoms with Gasteiger partial charge < -0.3 is 19.5 Å². The van der Waals surface area contributed by atoms with Crippen molar-refractivity contribution in [2.45, 2.75) is 84.3 Å². The SMILES string of the molecule is Cc1cc(C)cc(NC(=S)N/N=C/c2ccc(O[C@H]3O[C@@H]4OC5(C)CC[C@H]6[C@H](C)CC[C@@H]([C@H]3C)[C@@]46OO5)cc2)c1.